The molecule has 0 aliphatic carbocycles. The molecule has 0 amide bonds. The van der Waals surface area contributed by atoms with Crippen molar-refractivity contribution in [3.8, 4) is 11.1 Å². The maximum atomic E-state index is 14.1. The van der Waals surface area contributed by atoms with Crippen LogP contribution in [0.1, 0.15) is 50.7 Å². The molecule has 122 valence electrons. The van der Waals surface area contributed by atoms with Gasteiger partial charge in [0, 0.05) is 12.0 Å². The molecule has 2 rings (SSSR count). The smallest absolute Gasteiger partial charge is 0.161 e. The van der Waals surface area contributed by atoms with Gasteiger partial charge in [0.05, 0.1) is 0 Å². The summed E-state index contributed by atoms with van der Waals surface area (Å²) in [7, 11) is 0. The summed E-state index contributed by atoms with van der Waals surface area (Å²) in [4.78, 5) is 0. The fraction of sp³-hybridized carbons (Fsp3) is 0.333. The van der Waals surface area contributed by atoms with E-state index in [4.69, 9.17) is 0 Å². The number of benzene rings is 2. The van der Waals surface area contributed by atoms with Gasteiger partial charge in [-0.3, -0.25) is 0 Å². The zero-order chi connectivity index (χ0) is 16.7. The summed E-state index contributed by atoms with van der Waals surface area (Å²) in [5.41, 5.74) is 3.69. The Balaban J connectivity index is 2.13. The highest BCUT2D eigenvalue weighted by molar-refractivity contribution is 5.68. The molecular weight excluding hydrogens is 290 g/mol. The van der Waals surface area contributed by atoms with Crippen molar-refractivity contribution in [3.63, 3.8) is 0 Å². The van der Waals surface area contributed by atoms with E-state index in [2.05, 4.69) is 31.2 Å². The number of hydrogen-bond acceptors (Lipinski definition) is 0. The van der Waals surface area contributed by atoms with Crippen molar-refractivity contribution in [1.82, 2.24) is 0 Å². The van der Waals surface area contributed by atoms with Crippen LogP contribution in [0.15, 0.2) is 54.4 Å². The van der Waals surface area contributed by atoms with E-state index in [0.29, 0.717) is 12.0 Å². The molecule has 0 heterocycles. The zero-order valence-electron chi connectivity index (χ0n) is 13.9. The van der Waals surface area contributed by atoms with Crippen LogP contribution in [-0.2, 0) is 6.42 Å². The minimum atomic E-state index is -0.728. The molecule has 2 aromatic carbocycles. The first-order chi connectivity index (χ1) is 11.2. The Morgan fingerprint density at radius 2 is 1.35 bits per heavy atom. The third kappa shape index (κ3) is 4.75. The summed E-state index contributed by atoms with van der Waals surface area (Å²) in [6.45, 7) is 4.16. The van der Waals surface area contributed by atoms with Crippen LogP contribution in [-0.4, -0.2) is 0 Å². The number of allylic oxidation sites excluding steroid dienone is 1. The van der Waals surface area contributed by atoms with Gasteiger partial charge in [-0.25, -0.2) is 8.78 Å². The molecular formula is C21H24F2. The number of aryl methyl sites for hydroxylation is 1. The average molecular weight is 314 g/mol. The lowest BCUT2D eigenvalue weighted by Crippen LogP contribution is -1.86. The molecule has 0 saturated carbocycles. The van der Waals surface area contributed by atoms with Gasteiger partial charge in [-0.15, -0.1) is 0 Å². The van der Waals surface area contributed by atoms with Gasteiger partial charge < -0.3 is 0 Å². The van der Waals surface area contributed by atoms with Gasteiger partial charge in [0.2, 0.25) is 0 Å². The second-order valence-electron chi connectivity index (χ2n) is 5.80. The van der Waals surface area contributed by atoms with E-state index in [-0.39, 0.29) is 6.42 Å². The maximum Gasteiger partial charge on any atom is 0.161 e. The van der Waals surface area contributed by atoms with Gasteiger partial charge in [-0.1, -0.05) is 75.2 Å². The lowest BCUT2D eigenvalue weighted by Gasteiger charge is -2.06. The van der Waals surface area contributed by atoms with E-state index in [9.17, 15) is 8.78 Å². The summed E-state index contributed by atoms with van der Waals surface area (Å²) >= 11 is 0. The predicted octanol–water partition coefficient (Wildman–Crippen LogP) is 7.10. The van der Waals surface area contributed by atoms with Crippen LogP contribution in [0.5, 0.6) is 0 Å². The van der Waals surface area contributed by atoms with Crippen LogP contribution >= 0.6 is 0 Å². The molecule has 0 aliphatic heterocycles. The van der Waals surface area contributed by atoms with Gasteiger partial charge in [0.1, 0.15) is 5.83 Å². The van der Waals surface area contributed by atoms with Crippen LogP contribution in [0.4, 0.5) is 8.78 Å². The Kier molecular flexibility index (Phi) is 6.52. The fourth-order valence-corrected chi connectivity index (χ4v) is 2.54. The third-order valence-electron chi connectivity index (χ3n) is 4.07. The third-order valence-corrected chi connectivity index (χ3v) is 4.07. The Morgan fingerprint density at radius 3 is 1.87 bits per heavy atom. The molecule has 0 radical (unpaired) electrons. The van der Waals surface area contributed by atoms with Crippen molar-refractivity contribution in [2.75, 3.05) is 0 Å². The summed E-state index contributed by atoms with van der Waals surface area (Å²) in [6.07, 6.45) is 3.80. The van der Waals surface area contributed by atoms with Crippen LogP contribution < -0.4 is 0 Å². The highest BCUT2D eigenvalue weighted by Crippen LogP contribution is 2.27. The van der Waals surface area contributed by atoms with Crippen molar-refractivity contribution < 1.29 is 8.78 Å². The van der Waals surface area contributed by atoms with Crippen molar-refractivity contribution in [2.24, 2.45) is 0 Å². The van der Waals surface area contributed by atoms with Crippen molar-refractivity contribution in [2.45, 2.75) is 46.0 Å². The van der Waals surface area contributed by atoms with E-state index in [0.717, 1.165) is 30.4 Å². The van der Waals surface area contributed by atoms with Gasteiger partial charge in [0.15, 0.2) is 5.83 Å². The molecule has 0 bridgehead atoms. The van der Waals surface area contributed by atoms with Crippen LogP contribution in [0, 0.1) is 0 Å². The minimum Gasteiger partial charge on any atom is -0.209 e. The largest absolute Gasteiger partial charge is 0.209 e. The molecule has 2 heteroatoms. The first-order valence-corrected chi connectivity index (χ1v) is 8.39. The summed E-state index contributed by atoms with van der Waals surface area (Å²) in [6, 6.07) is 15.3. The van der Waals surface area contributed by atoms with Crippen LogP contribution in [0.3, 0.4) is 0 Å². The first-order valence-electron chi connectivity index (χ1n) is 8.39. The molecule has 0 fully saturated rings. The molecule has 0 N–H and O–H groups in total. The molecule has 2 aromatic rings. The average Bonchev–Trinajstić information content (AvgIpc) is 2.61. The van der Waals surface area contributed by atoms with Crippen LogP contribution in [0.25, 0.3) is 17.0 Å². The van der Waals surface area contributed by atoms with E-state index < -0.39 is 11.7 Å². The topological polar surface area (TPSA) is 0 Å². The Morgan fingerprint density at radius 1 is 0.783 bits per heavy atom. The highest BCUT2D eigenvalue weighted by atomic mass is 19.2. The van der Waals surface area contributed by atoms with Gasteiger partial charge in [0.25, 0.3) is 0 Å². The van der Waals surface area contributed by atoms with Gasteiger partial charge >= 0.3 is 0 Å². The number of unbranched alkanes of at least 4 members (excludes halogenated alkanes) is 2. The number of hydrogen-bond donors (Lipinski definition) is 0. The number of halogens is 2. The van der Waals surface area contributed by atoms with E-state index in [1.807, 2.05) is 19.1 Å². The highest BCUT2D eigenvalue weighted by Gasteiger charge is 2.09. The Bertz CT molecular complexity index is 637. The number of rotatable bonds is 7. The van der Waals surface area contributed by atoms with Crippen molar-refractivity contribution >= 4 is 5.83 Å². The normalized spacial score (nSPS) is 12.2. The monoisotopic (exact) mass is 314 g/mol. The predicted molar refractivity (Wildman–Crippen MR) is 94.5 cm³/mol. The van der Waals surface area contributed by atoms with Crippen molar-refractivity contribution in [1.29, 1.82) is 0 Å². The van der Waals surface area contributed by atoms with E-state index >= 15 is 0 Å². The van der Waals surface area contributed by atoms with Gasteiger partial charge in [-0.2, -0.15) is 0 Å². The second kappa shape index (κ2) is 8.61. The quantitative estimate of drug-likeness (QED) is 0.478. The SMILES string of the molecule is CCCCC/C(F)=C(\F)c1ccc(-c2ccc(CC)cc2)cc1. The lowest BCUT2D eigenvalue weighted by atomic mass is 10.0. The molecule has 0 aliphatic rings. The Labute approximate surface area is 137 Å². The zero-order valence-corrected chi connectivity index (χ0v) is 13.9. The standard InChI is InChI=1S/C21H24F2/c1-3-5-6-7-20(22)21(23)19-14-12-18(13-15-19)17-10-8-16(4-2)9-11-17/h8-15H,3-7H2,1-2H3/b21-20+. The molecule has 0 saturated heterocycles. The molecule has 0 nitrogen and oxygen atoms in total. The minimum absolute atomic E-state index is 0.180. The summed E-state index contributed by atoms with van der Waals surface area (Å²) in [5.74, 6) is -1.37. The first kappa shape index (κ1) is 17.4. The molecule has 0 unspecified atom stereocenters. The van der Waals surface area contributed by atoms with E-state index in [1.54, 1.807) is 12.1 Å². The van der Waals surface area contributed by atoms with Crippen molar-refractivity contribution in [3.05, 3.63) is 65.5 Å². The second-order valence-corrected chi connectivity index (χ2v) is 5.80. The van der Waals surface area contributed by atoms with Crippen LogP contribution in [0.2, 0.25) is 0 Å². The summed E-state index contributed by atoms with van der Waals surface area (Å²) in [5, 5.41) is 0. The molecule has 0 aromatic heterocycles. The molecule has 23 heavy (non-hydrogen) atoms. The summed E-state index contributed by atoms with van der Waals surface area (Å²) < 4.78 is 27.9. The Hall–Kier alpha value is -1.96. The fourth-order valence-electron chi connectivity index (χ4n) is 2.54. The van der Waals surface area contributed by atoms with Gasteiger partial charge in [-0.05, 0) is 29.5 Å². The van der Waals surface area contributed by atoms with E-state index in [1.165, 1.54) is 5.56 Å². The molecule has 0 spiro atoms. The maximum absolute atomic E-state index is 14.1. The lowest BCUT2D eigenvalue weighted by molar-refractivity contribution is 0.541. The molecule has 0 atom stereocenters.